The number of carboxylic acid groups (broad SMARTS) is 1. The van der Waals surface area contributed by atoms with E-state index in [1.807, 2.05) is 0 Å². The number of nitrogens with one attached hydrogen (secondary N) is 2. The predicted molar refractivity (Wildman–Crippen MR) is 69.4 cm³/mol. The van der Waals surface area contributed by atoms with Gasteiger partial charge in [-0.3, -0.25) is 14.4 Å². The molecule has 19 heavy (non-hydrogen) atoms. The van der Waals surface area contributed by atoms with E-state index in [9.17, 15) is 19.5 Å². The molecule has 0 aliphatic heterocycles. The first-order valence-corrected chi connectivity index (χ1v) is 6.60. The summed E-state index contributed by atoms with van der Waals surface area (Å²) in [5.41, 5.74) is -0.849. The van der Waals surface area contributed by atoms with Gasteiger partial charge in [0, 0.05) is 13.5 Å². The summed E-state index contributed by atoms with van der Waals surface area (Å²) in [7, 11) is 0. The fourth-order valence-electron chi connectivity index (χ4n) is 2.32. The van der Waals surface area contributed by atoms with Crippen LogP contribution in [0.4, 0.5) is 0 Å². The molecule has 1 aliphatic carbocycles. The zero-order valence-electron chi connectivity index (χ0n) is 11.5. The zero-order chi connectivity index (χ0) is 14.5. The summed E-state index contributed by atoms with van der Waals surface area (Å²) in [5, 5.41) is 14.4. The van der Waals surface area contributed by atoms with Crippen LogP contribution in [-0.2, 0) is 14.4 Å². The van der Waals surface area contributed by atoms with Crippen molar-refractivity contribution >= 4 is 17.8 Å². The Morgan fingerprint density at radius 1 is 1.21 bits per heavy atom. The summed E-state index contributed by atoms with van der Waals surface area (Å²) in [5.74, 6) is -0.939. The molecular weight excluding hydrogens is 248 g/mol. The van der Waals surface area contributed by atoms with Gasteiger partial charge in [0.1, 0.15) is 0 Å². The van der Waals surface area contributed by atoms with Crippen LogP contribution in [0, 0.1) is 11.3 Å². The van der Waals surface area contributed by atoms with Gasteiger partial charge in [-0.25, -0.2) is 0 Å². The minimum Gasteiger partial charge on any atom is -0.481 e. The van der Waals surface area contributed by atoms with Crippen LogP contribution in [0.1, 0.15) is 39.5 Å². The largest absolute Gasteiger partial charge is 0.481 e. The van der Waals surface area contributed by atoms with E-state index in [1.54, 1.807) is 0 Å². The lowest BCUT2D eigenvalue weighted by Crippen LogP contribution is -2.47. The molecule has 1 saturated carbocycles. The minimum absolute atomic E-state index is 0.110. The summed E-state index contributed by atoms with van der Waals surface area (Å²) in [6.45, 7) is 3.46. The van der Waals surface area contributed by atoms with Gasteiger partial charge in [-0.15, -0.1) is 0 Å². The van der Waals surface area contributed by atoms with Crippen molar-refractivity contribution in [2.75, 3.05) is 13.1 Å². The monoisotopic (exact) mass is 270 g/mol. The van der Waals surface area contributed by atoms with Gasteiger partial charge < -0.3 is 15.7 Å². The molecule has 1 rings (SSSR count). The Labute approximate surface area is 112 Å². The Balaban J connectivity index is 2.49. The van der Waals surface area contributed by atoms with Crippen LogP contribution in [0.2, 0.25) is 0 Å². The number of hydrogen-bond acceptors (Lipinski definition) is 3. The van der Waals surface area contributed by atoms with Gasteiger partial charge >= 0.3 is 5.97 Å². The maximum Gasteiger partial charge on any atom is 0.311 e. The molecule has 0 saturated heterocycles. The Bertz CT molecular complexity index is 360. The molecule has 0 radical (unpaired) electrons. The zero-order valence-corrected chi connectivity index (χ0v) is 11.5. The second-order valence-electron chi connectivity index (χ2n) is 5.45. The number of carboxylic acids is 1. The standard InChI is InChI=1S/C13H22N2O4/c1-9-3-5-13(6-4-9,12(18)19)8-15-11(17)7-14-10(2)16/h9H,3-8H2,1-2H3,(H,14,16)(H,15,17)(H,18,19). The van der Waals surface area contributed by atoms with Gasteiger partial charge in [-0.05, 0) is 31.6 Å². The number of carbonyl (C=O) groups excluding carboxylic acids is 2. The van der Waals surface area contributed by atoms with Crippen molar-refractivity contribution in [3.8, 4) is 0 Å². The van der Waals surface area contributed by atoms with Crippen molar-refractivity contribution in [2.45, 2.75) is 39.5 Å². The quantitative estimate of drug-likeness (QED) is 0.678. The third-order valence-electron chi connectivity index (χ3n) is 3.81. The van der Waals surface area contributed by atoms with Crippen LogP contribution < -0.4 is 10.6 Å². The summed E-state index contributed by atoms with van der Waals surface area (Å²) < 4.78 is 0. The van der Waals surface area contributed by atoms with Crippen LogP contribution in [0.3, 0.4) is 0 Å². The van der Waals surface area contributed by atoms with Gasteiger partial charge in [0.05, 0.1) is 12.0 Å². The van der Waals surface area contributed by atoms with E-state index >= 15 is 0 Å². The van der Waals surface area contributed by atoms with Crippen LogP contribution in [0.5, 0.6) is 0 Å². The fourth-order valence-corrected chi connectivity index (χ4v) is 2.32. The molecule has 108 valence electrons. The molecule has 0 aromatic rings. The average molecular weight is 270 g/mol. The number of carbonyl (C=O) groups is 3. The van der Waals surface area contributed by atoms with Crippen molar-refractivity contribution in [2.24, 2.45) is 11.3 Å². The molecule has 1 fully saturated rings. The molecule has 0 spiro atoms. The topological polar surface area (TPSA) is 95.5 Å². The summed E-state index contributed by atoms with van der Waals surface area (Å²) in [4.78, 5) is 33.6. The number of hydrogen-bond donors (Lipinski definition) is 3. The third kappa shape index (κ3) is 4.54. The molecule has 6 nitrogen and oxygen atoms in total. The van der Waals surface area contributed by atoms with E-state index in [2.05, 4.69) is 17.6 Å². The highest BCUT2D eigenvalue weighted by molar-refractivity contribution is 5.84. The average Bonchev–Trinajstić information content (AvgIpc) is 2.35. The van der Waals surface area contributed by atoms with Crippen LogP contribution in [0.25, 0.3) is 0 Å². The second-order valence-corrected chi connectivity index (χ2v) is 5.45. The Morgan fingerprint density at radius 2 is 1.79 bits per heavy atom. The van der Waals surface area contributed by atoms with Gasteiger partial charge in [0.2, 0.25) is 11.8 Å². The molecule has 1 aliphatic rings. The Hall–Kier alpha value is -1.59. The number of amides is 2. The van der Waals surface area contributed by atoms with E-state index < -0.39 is 11.4 Å². The normalized spacial score (nSPS) is 26.5. The van der Waals surface area contributed by atoms with Crippen molar-refractivity contribution < 1.29 is 19.5 Å². The molecule has 0 aromatic heterocycles. The molecule has 3 N–H and O–H groups in total. The van der Waals surface area contributed by atoms with Crippen molar-refractivity contribution in [3.05, 3.63) is 0 Å². The van der Waals surface area contributed by atoms with E-state index in [4.69, 9.17) is 0 Å². The van der Waals surface area contributed by atoms with E-state index in [1.165, 1.54) is 6.92 Å². The van der Waals surface area contributed by atoms with Crippen molar-refractivity contribution in [1.82, 2.24) is 10.6 Å². The lowest BCUT2D eigenvalue weighted by atomic mass is 9.71. The summed E-state index contributed by atoms with van der Waals surface area (Å²) in [6, 6.07) is 0. The van der Waals surface area contributed by atoms with E-state index in [0.717, 1.165) is 12.8 Å². The van der Waals surface area contributed by atoms with Crippen molar-refractivity contribution in [3.63, 3.8) is 0 Å². The number of aliphatic carboxylic acids is 1. The van der Waals surface area contributed by atoms with Gasteiger partial charge in [0.25, 0.3) is 0 Å². The molecule has 0 atom stereocenters. The SMILES string of the molecule is CC(=O)NCC(=O)NCC1(C(=O)O)CCC(C)CC1. The van der Waals surface area contributed by atoms with Crippen LogP contribution in [-0.4, -0.2) is 36.0 Å². The first kappa shape index (κ1) is 15.5. The first-order valence-electron chi connectivity index (χ1n) is 6.60. The molecule has 6 heteroatoms. The maximum atomic E-state index is 11.5. The minimum atomic E-state index is -0.849. The molecule has 0 bridgehead atoms. The van der Waals surface area contributed by atoms with E-state index in [0.29, 0.717) is 18.8 Å². The summed E-state index contributed by atoms with van der Waals surface area (Å²) >= 11 is 0. The molecule has 0 unspecified atom stereocenters. The highest BCUT2D eigenvalue weighted by atomic mass is 16.4. The van der Waals surface area contributed by atoms with Gasteiger partial charge in [-0.2, -0.15) is 0 Å². The lowest BCUT2D eigenvalue weighted by molar-refractivity contribution is -0.151. The van der Waals surface area contributed by atoms with Gasteiger partial charge in [-0.1, -0.05) is 6.92 Å². The fraction of sp³-hybridized carbons (Fsp3) is 0.769. The van der Waals surface area contributed by atoms with E-state index in [-0.39, 0.29) is 24.9 Å². The van der Waals surface area contributed by atoms with Crippen molar-refractivity contribution in [1.29, 1.82) is 0 Å². The second kappa shape index (κ2) is 6.54. The Morgan fingerprint density at radius 3 is 2.26 bits per heavy atom. The molecule has 2 amide bonds. The molecular formula is C13H22N2O4. The lowest BCUT2D eigenvalue weighted by Gasteiger charge is -2.35. The van der Waals surface area contributed by atoms with Gasteiger partial charge in [0.15, 0.2) is 0 Å². The molecule has 0 aromatic carbocycles. The van der Waals surface area contributed by atoms with Crippen LogP contribution in [0.15, 0.2) is 0 Å². The molecule has 0 heterocycles. The predicted octanol–water partition coefficient (Wildman–Crippen LogP) is 0.520. The highest BCUT2D eigenvalue weighted by Crippen LogP contribution is 2.38. The first-order chi connectivity index (χ1) is 8.85. The Kier molecular flexibility index (Phi) is 5.32. The highest BCUT2D eigenvalue weighted by Gasteiger charge is 2.41. The summed E-state index contributed by atoms with van der Waals surface area (Å²) in [6.07, 6.45) is 2.91. The van der Waals surface area contributed by atoms with Crippen LogP contribution >= 0.6 is 0 Å². The smallest absolute Gasteiger partial charge is 0.311 e. The maximum absolute atomic E-state index is 11.5. The number of rotatable bonds is 5. The third-order valence-corrected chi connectivity index (χ3v) is 3.81.